The summed E-state index contributed by atoms with van der Waals surface area (Å²) in [7, 11) is 0. The van der Waals surface area contributed by atoms with E-state index < -0.39 is 0 Å². The second-order valence-corrected chi connectivity index (χ2v) is 5.43. The molecule has 20 heavy (non-hydrogen) atoms. The summed E-state index contributed by atoms with van der Waals surface area (Å²) < 4.78 is 0. The third-order valence-corrected chi connectivity index (χ3v) is 3.94. The Morgan fingerprint density at radius 3 is 3.10 bits per heavy atom. The average molecular weight is 273 g/mol. The molecule has 3 rings (SSSR count). The van der Waals surface area contributed by atoms with Crippen LogP contribution in [-0.4, -0.2) is 30.9 Å². The smallest absolute Gasteiger partial charge is 0.251 e. The van der Waals surface area contributed by atoms with Crippen LogP contribution in [0.5, 0.6) is 0 Å². The van der Waals surface area contributed by atoms with Crippen molar-refractivity contribution in [2.75, 3.05) is 18.4 Å². The lowest BCUT2D eigenvalue weighted by Crippen LogP contribution is -2.30. The molecular formula is C15H19N3O2. The van der Waals surface area contributed by atoms with Gasteiger partial charge in [-0.25, -0.2) is 0 Å². The third-order valence-electron chi connectivity index (χ3n) is 3.94. The van der Waals surface area contributed by atoms with Gasteiger partial charge in [-0.15, -0.1) is 0 Å². The number of carbonyl (C=O) groups is 2. The van der Waals surface area contributed by atoms with E-state index in [0.29, 0.717) is 24.6 Å². The van der Waals surface area contributed by atoms with Crippen molar-refractivity contribution in [1.29, 1.82) is 0 Å². The summed E-state index contributed by atoms with van der Waals surface area (Å²) in [6.45, 7) is 1.77. The zero-order chi connectivity index (χ0) is 13.9. The Balaban J connectivity index is 1.54. The van der Waals surface area contributed by atoms with E-state index in [0.717, 1.165) is 24.2 Å². The van der Waals surface area contributed by atoms with E-state index in [1.165, 1.54) is 12.8 Å². The van der Waals surface area contributed by atoms with Gasteiger partial charge >= 0.3 is 0 Å². The first-order valence-electron chi connectivity index (χ1n) is 7.17. The molecule has 0 aromatic heterocycles. The highest BCUT2D eigenvalue weighted by atomic mass is 16.2. The first-order valence-corrected chi connectivity index (χ1v) is 7.17. The molecule has 0 aliphatic carbocycles. The van der Waals surface area contributed by atoms with Crippen LogP contribution in [0.25, 0.3) is 0 Å². The number of amides is 2. The number of benzene rings is 1. The van der Waals surface area contributed by atoms with Crippen LogP contribution in [0.1, 0.15) is 35.2 Å². The summed E-state index contributed by atoms with van der Waals surface area (Å²) in [5, 5.41) is 9.11. The van der Waals surface area contributed by atoms with Gasteiger partial charge in [0.25, 0.3) is 5.91 Å². The zero-order valence-corrected chi connectivity index (χ0v) is 11.4. The van der Waals surface area contributed by atoms with Crippen LogP contribution in [0.15, 0.2) is 18.2 Å². The van der Waals surface area contributed by atoms with Crippen LogP contribution in [0.4, 0.5) is 5.69 Å². The van der Waals surface area contributed by atoms with Crippen molar-refractivity contribution in [3.63, 3.8) is 0 Å². The number of nitrogens with one attached hydrogen (secondary N) is 3. The van der Waals surface area contributed by atoms with Crippen LogP contribution < -0.4 is 16.0 Å². The second-order valence-electron chi connectivity index (χ2n) is 5.43. The minimum atomic E-state index is -0.0769. The molecular weight excluding hydrogens is 254 g/mol. The first kappa shape index (κ1) is 13.1. The van der Waals surface area contributed by atoms with Gasteiger partial charge in [-0.05, 0) is 43.5 Å². The Morgan fingerprint density at radius 1 is 1.40 bits per heavy atom. The minimum Gasteiger partial charge on any atom is -0.352 e. The minimum absolute atomic E-state index is 0.00938. The van der Waals surface area contributed by atoms with Gasteiger partial charge in [0, 0.05) is 23.8 Å². The van der Waals surface area contributed by atoms with Crippen LogP contribution >= 0.6 is 0 Å². The number of hydrogen-bond donors (Lipinski definition) is 3. The molecule has 0 spiro atoms. The number of anilines is 1. The molecule has 5 heteroatoms. The predicted molar refractivity (Wildman–Crippen MR) is 76.8 cm³/mol. The summed E-state index contributed by atoms with van der Waals surface area (Å²) in [6.07, 6.45) is 3.79. The molecule has 0 radical (unpaired) electrons. The summed E-state index contributed by atoms with van der Waals surface area (Å²) in [6, 6.07) is 5.92. The Bertz CT molecular complexity index is 536. The molecule has 2 aliphatic heterocycles. The van der Waals surface area contributed by atoms with Gasteiger partial charge in [-0.1, -0.05) is 6.07 Å². The Morgan fingerprint density at radius 2 is 2.30 bits per heavy atom. The molecule has 1 aromatic rings. The van der Waals surface area contributed by atoms with E-state index in [-0.39, 0.29) is 11.8 Å². The summed E-state index contributed by atoms with van der Waals surface area (Å²) in [5.41, 5.74) is 2.33. The first-order chi connectivity index (χ1) is 9.72. The number of rotatable bonds is 4. The molecule has 1 fully saturated rings. The number of fused-ring (bicyclic) bond motifs is 1. The van der Waals surface area contributed by atoms with Crippen molar-refractivity contribution in [3.8, 4) is 0 Å². The van der Waals surface area contributed by atoms with E-state index in [2.05, 4.69) is 16.0 Å². The molecule has 2 heterocycles. The molecule has 1 atom stereocenters. The van der Waals surface area contributed by atoms with Crippen LogP contribution in [0, 0.1) is 0 Å². The summed E-state index contributed by atoms with van der Waals surface area (Å²) in [5.74, 6) is -0.0863. The molecule has 1 aromatic carbocycles. The van der Waals surface area contributed by atoms with Gasteiger partial charge in [-0.2, -0.15) is 0 Å². The lowest BCUT2D eigenvalue weighted by molar-refractivity contribution is -0.115. The fraction of sp³-hybridized carbons (Fsp3) is 0.467. The van der Waals surface area contributed by atoms with Gasteiger partial charge in [-0.3, -0.25) is 9.59 Å². The van der Waals surface area contributed by atoms with Crippen molar-refractivity contribution >= 4 is 17.5 Å². The van der Waals surface area contributed by atoms with Crippen molar-refractivity contribution < 1.29 is 9.59 Å². The average Bonchev–Trinajstić information content (AvgIpc) is 3.05. The lowest BCUT2D eigenvalue weighted by atomic mass is 10.1. The topological polar surface area (TPSA) is 70.2 Å². The Kier molecular flexibility index (Phi) is 3.69. The maximum atomic E-state index is 12.1. The molecule has 2 amide bonds. The van der Waals surface area contributed by atoms with Gasteiger partial charge in [0.1, 0.15) is 0 Å². The SMILES string of the molecule is O=C1Cc2ccc(C(=O)NCC[C@H]3CCCN3)cc2N1. The summed E-state index contributed by atoms with van der Waals surface area (Å²) in [4.78, 5) is 23.3. The van der Waals surface area contributed by atoms with E-state index in [1.807, 2.05) is 6.07 Å². The molecule has 0 unspecified atom stereocenters. The van der Waals surface area contributed by atoms with Crippen molar-refractivity contribution in [1.82, 2.24) is 10.6 Å². The molecule has 1 saturated heterocycles. The molecule has 5 nitrogen and oxygen atoms in total. The molecule has 106 valence electrons. The third kappa shape index (κ3) is 2.82. The highest BCUT2D eigenvalue weighted by Crippen LogP contribution is 2.23. The second kappa shape index (κ2) is 5.63. The lowest BCUT2D eigenvalue weighted by Gasteiger charge is -2.11. The molecule has 0 saturated carbocycles. The molecule has 0 bridgehead atoms. The van der Waals surface area contributed by atoms with Gasteiger partial charge < -0.3 is 16.0 Å². The van der Waals surface area contributed by atoms with Gasteiger partial charge in [0.2, 0.25) is 5.91 Å². The Labute approximate surface area is 118 Å². The van der Waals surface area contributed by atoms with E-state index in [1.54, 1.807) is 12.1 Å². The van der Waals surface area contributed by atoms with E-state index in [4.69, 9.17) is 0 Å². The summed E-state index contributed by atoms with van der Waals surface area (Å²) >= 11 is 0. The normalized spacial score (nSPS) is 20.6. The van der Waals surface area contributed by atoms with Gasteiger partial charge in [0.05, 0.1) is 6.42 Å². The zero-order valence-electron chi connectivity index (χ0n) is 11.4. The fourth-order valence-electron chi connectivity index (χ4n) is 2.82. The predicted octanol–water partition coefficient (Wildman–Crippen LogP) is 1.05. The Hall–Kier alpha value is -1.88. The maximum absolute atomic E-state index is 12.1. The van der Waals surface area contributed by atoms with Crippen LogP contribution in [-0.2, 0) is 11.2 Å². The highest BCUT2D eigenvalue weighted by molar-refractivity contribution is 6.02. The van der Waals surface area contributed by atoms with E-state index >= 15 is 0 Å². The largest absolute Gasteiger partial charge is 0.352 e. The maximum Gasteiger partial charge on any atom is 0.251 e. The van der Waals surface area contributed by atoms with E-state index in [9.17, 15) is 9.59 Å². The quantitative estimate of drug-likeness (QED) is 0.768. The van der Waals surface area contributed by atoms with Crippen molar-refractivity contribution in [3.05, 3.63) is 29.3 Å². The molecule has 2 aliphatic rings. The molecule has 3 N–H and O–H groups in total. The van der Waals surface area contributed by atoms with Crippen molar-refractivity contribution in [2.45, 2.75) is 31.7 Å². The standard InChI is InChI=1S/C15H19N3O2/c19-14-9-10-3-4-11(8-13(10)18-14)15(20)17-7-5-12-2-1-6-16-12/h3-4,8,12,16H,1-2,5-7,9H2,(H,17,20)(H,18,19)/t12-/m1/s1. The highest BCUT2D eigenvalue weighted by Gasteiger charge is 2.19. The van der Waals surface area contributed by atoms with Crippen LogP contribution in [0.3, 0.4) is 0 Å². The number of hydrogen-bond acceptors (Lipinski definition) is 3. The fourth-order valence-corrected chi connectivity index (χ4v) is 2.82. The van der Waals surface area contributed by atoms with Crippen LogP contribution in [0.2, 0.25) is 0 Å². The number of carbonyl (C=O) groups excluding carboxylic acids is 2. The van der Waals surface area contributed by atoms with Crippen molar-refractivity contribution in [2.24, 2.45) is 0 Å². The van der Waals surface area contributed by atoms with Gasteiger partial charge in [0.15, 0.2) is 0 Å². The monoisotopic (exact) mass is 273 g/mol.